The highest BCUT2D eigenvalue weighted by molar-refractivity contribution is 7.25. The molecule has 47 heavy (non-hydrogen) atoms. The Balaban J connectivity index is 1.23. The minimum Gasteiger partial charge on any atom is -0.255 e. The minimum absolute atomic E-state index is 0.624. The van der Waals surface area contributed by atoms with Crippen LogP contribution in [0.5, 0.6) is 0 Å². The Labute approximate surface area is 275 Å². The van der Waals surface area contributed by atoms with Crippen molar-refractivity contribution in [2.75, 3.05) is 0 Å². The van der Waals surface area contributed by atoms with Gasteiger partial charge in [0.2, 0.25) is 0 Å². The number of benzene rings is 5. The molecule has 5 aromatic carbocycles. The van der Waals surface area contributed by atoms with Crippen molar-refractivity contribution in [3.63, 3.8) is 0 Å². The number of para-hydroxylation sites is 1. The lowest BCUT2D eigenvalue weighted by molar-refractivity contribution is 1.07. The number of rotatable bonds is 5. The first kappa shape index (κ1) is 27.2. The molecule has 220 valence electrons. The molecule has 0 aliphatic rings. The third-order valence-electron chi connectivity index (χ3n) is 8.38. The molecule has 4 aromatic heterocycles. The number of aromatic nitrogens is 5. The van der Waals surface area contributed by atoms with Crippen LogP contribution >= 0.6 is 11.3 Å². The molecule has 4 heterocycles. The first-order valence-electron chi connectivity index (χ1n) is 15.4. The van der Waals surface area contributed by atoms with Crippen molar-refractivity contribution in [3.05, 3.63) is 152 Å². The summed E-state index contributed by atoms with van der Waals surface area (Å²) in [5.74, 6) is 1.90. The van der Waals surface area contributed by atoms with Gasteiger partial charge >= 0.3 is 0 Å². The zero-order valence-corrected chi connectivity index (χ0v) is 25.9. The fourth-order valence-corrected chi connectivity index (χ4v) is 7.26. The fourth-order valence-electron chi connectivity index (χ4n) is 6.17. The SMILES string of the molecule is c1ccc(-c2nc(-c3ccccc3)nc(-c3cccc(-c4cc(-c5cccc6sc7cccnc7c56)nc5ccccc45)c3)n2)cc1. The van der Waals surface area contributed by atoms with Gasteiger partial charge in [-0.1, -0.05) is 109 Å². The van der Waals surface area contributed by atoms with Gasteiger partial charge in [0.1, 0.15) is 0 Å². The van der Waals surface area contributed by atoms with Crippen molar-refractivity contribution in [2.24, 2.45) is 0 Å². The van der Waals surface area contributed by atoms with Crippen molar-refractivity contribution in [2.45, 2.75) is 0 Å². The van der Waals surface area contributed by atoms with Crippen LogP contribution in [0, 0.1) is 0 Å². The van der Waals surface area contributed by atoms with Crippen molar-refractivity contribution >= 4 is 42.5 Å². The highest BCUT2D eigenvalue weighted by atomic mass is 32.1. The molecule has 0 spiro atoms. The topological polar surface area (TPSA) is 64.5 Å². The maximum atomic E-state index is 5.18. The van der Waals surface area contributed by atoms with Crippen LogP contribution in [0.1, 0.15) is 0 Å². The summed E-state index contributed by atoms with van der Waals surface area (Å²) < 4.78 is 2.37. The standard InChI is InChI=1S/C41H25N5S/c1-3-12-26(13-4-1)39-44-40(27-14-5-2-6-15-27)46-41(45-39)29-17-9-16-28(24-29)32-25-34(43-33-20-8-7-18-30(32)33)31-19-10-21-35-37(31)38-36(47-35)22-11-23-42-38/h1-25H. The Morgan fingerprint density at radius 1 is 0.426 bits per heavy atom. The van der Waals surface area contributed by atoms with E-state index in [9.17, 15) is 0 Å². The molecule has 0 aliphatic carbocycles. The largest absolute Gasteiger partial charge is 0.255 e. The van der Waals surface area contributed by atoms with Gasteiger partial charge < -0.3 is 0 Å². The summed E-state index contributed by atoms with van der Waals surface area (Å²) in [4.78, 5) is 24.8. The Morgan fingerprint density at radius 2 is 1.04 bits per heavy atom. The van der Waals surface area contributed by atoms with E-state index in [4.69, 9.17) is 24.9 Å². The predicted octanol–water partition coefficient (Wildman–Crippen LogP) is 10.5. The van der Waals surface area contributed by atoms with Gasteiger partial charge in [0, 0.05) is 43.9 Å². The van der Waals surface area contributed by atoms with Gasteiger partial charge in [-0.15, -0.1) is 11.3 Å². The lowest BCUT2D eigenvalue weighted by Crippen LogP contribution is -2.00. The summed E-state index contributed by atoms with van der Waals surface area (Å²) in [5, 5.41) is 2.22. The quantitative estimate of drug-likeness (QED) is 0.192. The van der Waals surface area contributed by atoms with Gasteiger partial charge in [-0.2, -0.15) is 0 Å². The zero-order valence-electron chi connectivity index (χ0n) is 25.1. The number of hydrogen-bond acceptors (Lipinski definition) is 6. The molecule has 6 heteroatoms. The molecule has 9 rings (SSSR count). The average Bonchev–Trinajstić information content (AvgIpc) is 3.54. The van der Waals surface area contributed by atoms with Crippen molar-refractivity contribution in [1.29, 1.82) is 0 Å². The summed E-state index contributed by atoms with van der Waals surface area (Å²) in [6.45, 7) is 0. The van der Waals surface area contributed by atoms with Crippen molar-refractivity contribution < 1.29 is 0 Å². The molecular weight excluding hydrogens is 595 g/mol. The summed E-state index contributed by atoms with van der Waals surface area (Å²) in [6.07, 6.45) is 1.86. The molecule has 0 radical (unpaired) electrons. The number of fused-ring (bicyclic) bond motifs is 4. The van der Waals surface area contributed by atoms with Crippen LogP contribution in [-0.2, 0) is 0 Å². The summed E-state index contributed by atoms with van der Waals surface area (Å²) in [5.41, 5.74) is 8.90. The fraction of sp³-hybridized carbons (Fsp3) is 0. The maximum absolute atomic E-state index is 5.18. The third kappa shape index (κ3) is 4.92. The normalized spacial score (nSPS) is 11.4. The van der Waals surface area contributed by atoms with Crippen LogP contribution in [0.3, 0.4) is 0 Å². The Kier molecular flexibility index (Phi) is 6.58. The van der Waals surface area contributed by atoms with E-state index in [1.807, 2.05) is 79.0 Å². The van der Waals surface area contributed by atoms with Crippen LogP contribution in [-0.4, -0.2) is 24.9 Å². The van der Waals surface area contributed by atoms with Crippen LogP contribution in [0.2, 0.25) is 0 Å². The molecule has 0 amide bonds. The average molecular weight is 620 g/mol. The van der Waals surface area contributed by atoms with E-state index in [2.05, 4.69) is 72.8 Å². The highest BCUT2D eigenvalue weighted by Gasteiger charge is 2.17. The van der Waals surface area contributed by atoms with Gasteiger partial charge in [0.15, 0.2) is 17.5 Å². The second kappa shape index (κ2) is 11.4. The Bertz CT molecular complexity index is 2520. The molecule has 0 aliphatic heterocycles. The zero-order chi connectivity index (χ0) is 31.2. The second-order valence-electron chi connectivity index (χ2n) is 11.3. The molecule has 0 unspecified atom stereocenters. The van der Waals surface area contributed by atoms with E-state index in [-0.39, 0.29) is 0 Å². The summed E-state index contributed by atoms with van der Waals surface area (Å²) in [6, 6.07) is 49.7. The van der Waals surface area contributed by atoms with Crippen LogP contribution in [0.4, 0.5) is 0 Å². The number of pyridine rings is 2. The van der Waals surface area contributed by atoms with Gasteiger partial charge in [0.05, 0.1) is 21.4 Å². The molecule has 0 saturated carbocycles. The molecule has 0 saturated heterocycles. The lowest BCUT2D eigenvalue weighted by Gasteiger charge is -2.13. The van der Waals surface area contributed by atoms with E-state index in [0.717, 1.165) is 60.9 Å². The van der Waals surface area contributed by atoms with Gasteiger partial charge in [0.25, 0.3) is 0 Å². The maximum Gasteiger partial charge on any atom is 0.164 e. The van der Waals surface area contributed by atoms with E-state index in [0.29, 0.717) is 17.5 Å². The van der Waals surface area contributed by atoms with Gasteiger partial charge in [-0.25, -0.2) is 19.9 Å². The number of hydrogen-bond donors (Lipinski definition) is 0. The van der Waals surface area contributed by atoms with E-state index < -0.39 is 0 Å². The van der Waals surface area contributed by atoms with E-state index in [1.165, 1.54) is 9.40 Å². The van der Waals surface area contributed by atoms with Crippen LogP contribution < -0.4 is 0 Å². The van der Waals surface area contributed by atoms with Crippen molar-refractivity contribution in [1.82, 2.24) is 24.9 Å². The molecule has 0 N–H and O–H groups in total. The molecule has 0 fully saturated rings. The first-order chi connectivity index (χ1) is 23.3. The summed E-state index contributed by atoms with van der Waals surface area (Å²) >= 11 is 1.76. The molecule has 0 atom stereocenters. The van der Waals surface area contributed by atoms with Crippen molar-refractivity contribution in [3.8, 4) is 56.5 Å². The van der Waals surface area contributed by atoms with Crippen LogP contribution in [0.25, 0.3) is 87.8 Å². The first-order valence-corrected chi connectivity index (χ1v) is 16.2. The number of thiophene rings is 1. The molecule has 5 nitrogen and oxygen atoms in total. The Morgan fingerprint density at radius 3 is 1.81 bits per heavy atom. The predicted molar refractivity (Wildman–Crippen MR) is 193 cm³/mol. The molecular formula is C41H25N5S. The van der Waals surface area contributed by atoms with Gasteiger partial charge in [-0.05, 0) is 47.5 Å². The van der Waals surface area contributed by atoms with Crippen LogP contribution in [0.15, 0.2) is 152 Å². The third-order valence-corrected chi connectivity index (χ3v) is 9.49. The highest BCUT2D eigenvalue weighted by Crippen LogP contribution is 2.41. The summed E-state index contributed by atoms with van der Waals surface area (Å²) in [7, 11) is 0. The lowest BCUT2D eigenvalue weighted by atomic mass is 9.96. The number of nitrogens with zero attached hydrogens (tertiary/aromatic N) is 5. The van der Waals surface area contributed by atoms with E-state index in [1.54, 1.807) is 11.3 Å². The monoisotopic (exact) mass is 619 g/mol. The smallest absolute Gasteiger partial charge is 0.164 e. The molecule has 0 bridgehead atoms. The minimum atomic E-state index is 0.624. The molecule has 9 aromatic rings. The van der Waals surface area contributed by atoms with E-state index >= 15 is 0 Å². The second-order valence-corrected chi connectivity index (χ2v) is 12.4. The van der Waals surface area contributed by atoms with Gasteiger partial charge in [-0.3, -0.25) is 4.98 Å². The Hall–Kier alpha value is -6.11.